The second-order valence-electron chi connectivity index (χ2n) is 2.76. The molecule has 0 fully saturated rings. The zero-order chi connectivity index (χ0) is 10.7. The Morgan fingerprint density at radius 1 is 1.50 bits per heavy atom. The summed E-state index contributed by atoms with van der Waals surface area (Å²) in [6.07, 6.45) is 0.314. The molecule has 0 radical (unpaired) electrons. The molecule has 0 unspecified atom stereocenters. The van der Waals surface area contributed by atoms with Crippen LogP contribution in [-0.2, 0) is 4.74 Å². The molecular formula is C10H9FO3. The van der Waals surface area contributed by atoms with Crippen molar-refractivity contribution in [3.05, 3.63) is 34.6 Å². The number of rotatable bonds is 2. The number of esters is 1. The van der Waals surface area contributed by atoms with Crippen molar-refractivity contribution < 1.29 is 18.7 Å². The molecule has 0 aromatic heterocycles. The van der Waals surface area contributed by atoms with E-state index in [0.29, 0.717) is 11.8 Å². The quantitative estimate of drug-likeness (QED) is 0.534. The minimum atomic E-state index is -0.717. The van der Waals surface area contributed by atoms with Crippen LogP contribution in [0.2, 0.25) is 0 Å². The van der Waals surface area contributed by atoms with E-state index >= 15 is 0 Å². The van der Waals surface area contributed by atoms with Crippen molar-refractivity contribution in [2.45, 2.75) is 6.92 Å². The van der Waals surface area contributed by atoms with Crippen molar-refractivity contribution >= 4 is 12.3 Å². The van der Waals surface area contributed by atoms with Crippen molar-refractivity contribution in [1.82, 2.24) is 0 Å². The second kappa shape index (κ2) is 4.00. The lowest BCUT2D eigenvalue weighted by Crippen LogP contribution is -2.09. The Morgan fingerprint density at radius 3 is 2.64 bits per heavy atom. The highest BCUT2D eigenvalue weighted by Crippen LogP contribution is 2.17. The van der Waals surface area contributed by atoms with Crippen LogP contribution in [0.15, 0.2) is 12.1 Å². The van der Waals surface area contributed by atoms with E-state index in [1.54, 1.807) is 6.92 Å². The highest BCUT2D eigenvalue weighted by atomic mass is 19.1. The number of hydrogen-bond donors (Lipinski definition) is 0. The van der Waals surface area contributed by atoms with Gasteiger partial charge in [-0.2, -0.15) is 0 Å². The molecule has 0 amide bonds. The second-order valence-corrected chi connectivity index (χ2v) is 2.76. The van der Waals surface area contributed by atoms with Gasteiger partial charge in [0, 0.05) is 0 Å². The number of ether oxygens (including phenoxy) is 1. The van der Waals surface area contributed by atoms with Crippen LogP contribution < -0.4 is 0 Å². The number of carbonyl (C=O) groups is 2. The number of benzene rings is 1. The van der Waals surface area contributed by atoms with Crippen LogP contribution in [0, 0.1) is 12.7 Å². The molecule has 0 saturated carbocycles. The monoisotopic (exact) mass is 196 g/mol. The van der Waals surface area contributed by atoms with Gasteiger partial charge in [-0.15, -0.1) is 0 Å². The first-order chi connectivity index (χ1) is 6.61. The third kappa shape index (κ3) is 1.64. The molecule has 0 spiro atoms. The van der Waals surface area contributed by atoms with Crippen molar-refractivity contribution in [1.29, 1.82) is 0 Å². The maximum atomic E-state index is 13.1. The van der Waals surface area contributed by atoms with Gasteiger partial charge >= 0.3 is 5.97 Å². The van der Waals surface area contributed by atoms with Crippen LogP contribution in [0.4, 0.5) is 4.39 Å². The molecule has 0 aliphatic carbocycles. The SMILES string of the molecule is COC(=O)c1c(C)ccc(F)c1C=O. The normalized spacial score (nSPS) is 9.64. The van der Waals surface area contributed by atoms with Crippen LogP contribution in [0.5, 0.6) is 0 Å². The maximum absolute atomic E-state index is 13.1. The Labute approximate surface area is 80.5 Å². The predicted octanol–water partition coefficient (Wildman–Crippen LogP) is 1.73. The summed E-state index contributed by atoms with van der Waals surface area (Å²) in [5.41, 5.74) is 0.250. The molecule has 0 bridgehead atoms. The lowest BCUT2D eigenvalue weighted by atomic mass is 10.0. The fourth-order valence-corrected chi connectivity index (χ4v) is 1.19. The maximum Gasteiger partial charge on any atom is 0.338 e. The Kier molecular flexibility index (Phi) is 2.96. The first-order valence-electron chi connectivity index (χ1n) is 3.94. The first-order valence-corrected chi connectivity index (χ1v) is 3.94. The van der Waals surface area contributed by atoms with Crippen LogP contribution in [0.25, 0.3) is 0 Å². The molecule has 0 N–H and O–H groups in total. The summed E-state index contributed by atoms with van der Waals surface area (Å²) in [7, 11) is 1.18. The van der Waals surface area contributed by atoms with Crippen LogP contribution in [0.3, 0.4) is 0 Å². The molecule has 1 aromatic rings. The summed E-state index contributed by atoms with van der Waals surface area (Å²) in [5, 5.41) is 0. The van der Waals surface area contributed by atoms with Gasteiger partial charge in [0.1, 0.15) is 5.82 Å². The van der Waals surface area contributed by atoms with Crippen molar-refractivity contribution in [2.75, 3.05) is 7.11 Å². The average Bonchev–Trinajstić information content (AvgIpc) is 2.19. The number of methoxy groups -OCH3 is 1. The van der Waals surface area contributed by atoms with Crippen molar-refractivity contribution in [3.8, 4) is 0 Å². The molecule has 0 aliphatic rings. The minimum absolute atomic E-state index is 0.0116. The fourth-order valence-electron chi connectivity index (χ4n) is 1.19. The van der Waals surface area contributed by atoms with E-state index in [9.17, 15) is 14.0 Å². The van der Waals surface area contributed by atoms with Crippen molar-refractivity contribution in [2.24, 2.45) is 0 Å². The van der Waals surface area contributed by atoms with E-state index in [2.05, 4.69) is 4.74 Å². The molecule has 4 heteroatoms. The topological polar surface area (TPSA) is 43.4 Å². The fraction of sp³-hybridized carbons (Fsp3) is 0.200. The molecule has 14 heavy (non-hydrogen) atoms. The lowest BCUT2D eigenvalue weighted by molar-refractivity contribution is 0.0597. The Hall–Kier alpha value is -1.71. The molecule has 3 nitrogen and oxygen atoms in total. The molecule has 0 saturated heterocycles. The van der Waals surface area contributed by atoms with Crippen LogP contribution in [0.1, 0.15) is 26.3 Å². The number of halogens is 1. The minimum Gasteiger partial charge on any atom is -0.465 e. The summed E-state index contributed by atoms with van der Waals surface area (Å²) < 4.78 is 17.5. The van der Waals surface area contributed by atoms with Gasteiger partial charge in [0.2, 0.25) is 0 Å². The number of carbonyl (C=O) groups excluding carboxylic acids is 2. The van der Waals surface area contributed by atoms with Gasteiger partial charge in [-0.25, -0.2) is 9.18 Å². The van der Waals surface area contributed by atoms with Gasteiger partial charge in [-0.3, -0.25) is 4.79 Å². The Bertz CT molecular complexity index is 385. The zero-order valence-electron chi connectivity index (χ0n) is 7.83. The standard InChI is InChI=1S/C10H9FO3/c1-6-3-4-8(11)7(5-12)9(6)10(13)14-2/h3-5H,1-2H3. The van der Waals surface area contributed by atoms with Crippen LogP contribution >= 0.6 is 0 Å². The smallest absolute Gasteiger partial charge is 0.338 e. The molecule has 1 rings (SSSR count). The molecule has 74 valence electrons. The Balaban J connectivity index is 3.44. The van der Waals surface area contributed by atoms with Crippen LogP contribution in [-0.4, -0.2) is 19.4 Å². The van der Waals surface area contributed by atoms with E-state index in [1.165, 1.54) is 13.2 Å². The van der Waals surface area contributed by atoms with Gasteiger partial charge in [0.15, 0.2) is 6.29 Å². The zero-order valence-corrected chi connectivity index (χ0v) is 7.83. The summed E-state index contributed by atoms with van der Waals surface area (Å²) in [6, 6.07) is 2.57. The first kappa shape index (κ1) is 10.4. The van der Waals surface area contributed by atoms with Gasteiger partial charge in [-0.1, -0.05) is 6.07 Å². The number of hydrogen-bond acceptors (Lipinski definition) is 3. The molecule has 0 atom stereocenters. The van der Waals surface area contributed by atoms with Gasteiger partial charge in [-0.05, 0) is 18.6 Å². The van der Waals surface area contributed by atoms with E-state index in [4.69, 9.17) is 0 Å². The van der Waals surface area contributed by atoms with E-state index in [1.807, 2.05) is 0 Å². The summed E-state index contributed by atoms with van der Waals surface area (Å²) in [5.74, 6) is -1.42. The summed E-state index contributed by atoms with van der Waals surface area (Å²) in [4.78, 5) is 21.8. The number of aryl methyl sites for hydroxylation is 1. The average molecular weight is 196 g/mol. The largest absolute Gasteiger partial charge is 0.465 e. The van der Waals surface area contributed by atoms with Gasteiger partial charge in [0.25, 0.3) is 0 Å². The molecule has 0 aliphatic heterocycles. The molecular weight excluding hydrogens is 187 g/mol. The van der Waals surface area contributed by atoms with Gasteiger partial charge < -0.3 is 4.74 Å². The van der Waals surface area contributed by atoms with E-state index in [0.717, 1.165) is 6.07 Å². The number of aldehydes is 1. The highest BCUT2D eigenvalue weighted by molar-refractivity contribution is 5.99. The van der Waals surface area contributed by atoms with Crippen molar-refractivity contribution in [3.63, 3.8) is 0 Å². The summed E-state index contributed by atoms with van der Waals surface area (Å²) >= 11 is 0. The summed E-state index contributed by atoms with van der Waals surface area (Å²) in [6.45, 7) is 1.61. The Morgan fingerprint density at radius 2 is 2.14 bits per heavy atom. The predicted molar refractivity (Wildman–Crippen MR) is 47.9 cm³/mol. The highest BCUT2D eigenvalue weighted by Gasteiger charge is 2.17. The third-order valence-corrected chi connectivity index (χ3v) is 1.91. The lowest BCUT2D eigenvalue weighted by Gasteiger charge is -2.06. The van der Waals surface area contributed by atoms with Gasteiger partial charge in [0.05, 0.1) is 18.2 Å². The molecule has 1 aromatic carbocycles. The third-order valence-electron chi connectivity index (χ3n) is 1.91. The molecule has 0 heterocycles. The van der Waals surface area contributed by atoms with E-state index in [-0.39, 0.29) is 11.1 Å². The van der Waals surface area contributed by atoms with E-state index < -0.39 is 11.8 Å².